The Hall–Kier alpha value is -1.42. The summed E-state index contributed by atoms with van der Waals surface area (Å²) >= 11 is 5.16. The Labute approximate surface area is 133 Å². The van der Waals surface area contributed by atoms with Crippen molar-refractivity contribution in [3.63, 3.8) is 0 Å². The molecule has 0 fully saturated rings. The van der Waals surface area contributed by atoms with Gasteiger partial charge in [-0.2, -0.15) is 0 Å². The van der Waals surface area contributed by atoms with Crippen molar-refractivity contribution < 1.29 is 4.79 Å². The maximum Gasteiger partial charge on any atom is 0.237 e. The first-order valence-corrected chi connectivity index (χ1v) is 8.09. The number of para-hydroxylation sites is 1. The number of nitrogens with two attached hydrogens (primary N) is 1. The molecule has 0 aliphatic rings. The summed E-state index contributed by atoms with van der Waals surface area (Å²) in [5, 5.41) is 3.10. The third-order valence-corrected chi connectivity index (χ3v) is 4.74. The van der Waals surface area contributed by atoms with Crippen LogP contribution in [0.5, 0.6) is 0 Å². The zero-order valence-corrected chi connectivity index (χ0v) is 14.3. The molecule has 116 valence electrons. The van der Waals surface area contributed by atoms with Crippen molar-refractivity contribution in [3.05, 3.63) is 29.3 Å². The quantitative estimate of drug-likeness (QED) is 0.752. The van der Waals surface area contributed by atoms with E-state index >= 15 is 0 Å². The number of hydrogen-bond acceptors (Lipinski definition) is 2. The van der Waals surface area contributed by atoms with E-state index < -0.39 is 5.41 Å². The number of thiocarbonyl (C=S) groups is 1. The van der Waals surface area contributed by atoms with Crippen LogP contribution in [0.3, 0.4) is 0 Å². The van der Waals surface area contributed by atoms with Gasteiger partial charge in [0.1, 0.15) is 0 Å². The van der Waals surface area contributed by atoms with Crippen LogP contribution in [0, 0.1) is 5.41 Å². The molecular weight excluding hydrogens is 280 g/mol. The number of hydrogen-bond donors (Lipinski definition) is 2. The van der Waals surface area contributed by atoms with Crippen molar-refractivity contribution in [3.8, 4) is 0 Å². The van der Waals surface area contributed by atoms with E-state index in [2.05, 4.69) is 31.3 Å². The van der Waals surface area contributed by atoms with E-state index in [9.17, 15) is 4.79 Å². The van der Waals surface area contributed by atoms with Gasteiger partial charge in [0.25, 0.3) is 0 Å². The highest BCUT2D eigenvalue weighted by Gasteiger charge is 2.38. The average molecular weight is 306 g/mol. The van der Waals surface area contributed by atoms with Crippen LogP contribution in [-0.4, -0.2) is 10.9 Å². The molecule has 0 aliphatic carbocycles. The Kier molecular flexibility index (Phi) is 6.34. The fourth-order valence-corrected chi connectivity index (χ4v) is 3.05. The van der Waals surface area contributed by atoms with Gasteiger partial charge in [-0.05, 0) is 36.8 Å². The van der Waals surface area contributed by atoms with Crippen LogP contribution in [0.25, 0.3) is 0 Å². The highest BCUT2D eigenvalue weighted by molar-refractivity contribution is 7.80. The molecule has 3 N–H and O–H groups in total. The van der Waals surface area contributed by atoms with Crippen LogP contribution in [-0.2, 0) is 17.6 Å². The van der Waals surface area contributed by atoms with E-state index in [4.69, 9.17) is 18.0 Å². The van der Waals surface area contributed by atoms with Crippen molar-refractivity contribution in [1.29, 1.82) is 0 Å². The van der Waals surface area contributed by atoms with Crippen molar-refractivity contribution in [1.82, 2.24) is 0 Å². The smallest absolute Gasteiger partial charge is 0.237 e. The van der Waals surface area contributed by atoms with Crippen LogP contribution < -0.4 is 11.1 Å². The Bertz CT molecular complexity index is 499. The number of aryl methyl sites for hydroxylation is 2. The molecular formula is C17H26N2OS. The summed E-state index contributed by atoms with van der Waals surface area (Å²) in [5.74, 6) is -0.0874. The van der Waals surface area contributed by atoms with Crippen LogP contribution in [0.15, 0.2) is 18.2 Å². The van der Waals surface area contributed by atoms with E-state index in [1.165, 1.54) is 0 Å². The molecule has 0 unspecified atom stereocenters. The molecule has 0 saturated carbocycles. The van der Waals surface area contributed by atoms with Crippen molar-refractivity contribution in [2.75, 3.05) is 5.32 Å². The molecule has 4 heteroatoms. The number of carbonyl (C=O) groups excluding carboxylic acids is 1. The van der Waals surface area contributed by atoms with E-state index in [-0.39, 0.29) is 10.9 Å². The number of rotatable bonds is 7. The molecule has 21 heavy (non-hydrogen) atoms. The second-order valence-corrected chi connectivity index (χ2v) is 5.71. The van der Waals surface area contributed by atoms with Crippen LogP contribution >= 0.6 is 12.2 Å². The van der Waals surface area contributed by atoms with Gasteiger partial charge in [0.2, 0.25) is 5.91 Å². The Morgan fingerprint density at radius 2 is 1.62 bits per heavy atom. The largest absolute Gasteiger partial charge is 0.392 e. The normalized spacial score (nSPS) is 11.2. The number of benzene rings is 1. The van der Waals surface area contributed by atoms with Crippen LogP contribution in [0.2, 0.25) is 0 Å². The van der Waals surface area contributed by atoms with Gasteiger partial charge < -0.3 is 11.1 Å². The summed E-state index contributed by atoms with van der Waals surface area (Å²) in [4.78, 5) is 13.1. The maximum absolute atomic E-state index is 12.8. The van der Waals surface area contributed by atoms with E-state index in [1.54, 1.807) is 0 Å². The minimum Gasteiger partial charge on any atom is -0.392 e. The lowest BCUT2D eigenvalue weighted by atomic mass is 9.81. The van der Waals surface area contributed by atoms with Gasteiger partial charge in [0, 0.05) is 5.69 Å². The van der Waals surface area contributed by atoms with Gasteiger partial charge in [0.05, 0.1) is 10.4 Å². The lowest BCUT2D eigenvalue weighted by molar-refractivity contribution is -0.122. The van der Waals surface area contributed by atoms with Gasteiger partial charge in [-0.25, -0.2) is 0 Å². The molecule has 0 bridgehead atoms. The van der Waals surface area contributed by atoms with Gasteiger partial charge in [-0.3, -0.25) is 4.79 Å². The number of nitrogens with one attached hydrogen (secondary N) is 1. The first-order valence-electron chi connectivity index (χ1n) is 7.68. The monoisotopic (exact) mass is 306 g/mol. The minimum atomic E-state index is -0.763. The molecule has 0 heterocycles. The molecule has 0 radical (unpaired) electrons. The van der Waals surface area contributed by atoms with Gasteiger partial charge in [-0.15, -0.1) is 0 Å². The summed E-state index contributed by atoms with van der Waals surface area (Å²) in [6.07, 6.45) is 2.98. The summed E-state index contributed by atoms with van der Waals surface area (Å²) in [7, 11) is 0. The molecule has 3 nitrogen and oxygen atoms in total. The van der Waals surface area contributed by atoms with Crippen LogP contribution in [0.4, 0.5) is 5.69 Å². The summed E-state index contributed by atoms with van der Waals surface area (Å²) in [6.45, 7) is 8.08. The first-order chi connectivity index (χ1) is 9.96. The van der Waals surface area contributed by atoms with E-state index in [0.717, 1.165) is 29.7 Å². The molecule has 0 atom stereocenters. The SMILES string of the molecule is CCc1cccc(CC)c1NC(=O)C(CC)(CC)C(N)=S. The second kappa shape index (κ2) is 7.55. The third kappa shape index (κ3) is 3.43. The molecule has 0 aliphatic heterocycles. The topological polar surface area (TPSA) is 55.1 Å². The van der Waals surface area contributed by atoms with Crippen LogP contribution in [0.1, 0.15) is 51.7 Å². The van der Waals surface area contributed by atoms with Crippen molar-refractivity contribution in [2.24, 2.45) is 11.1 Å². The molecule has 0 aromatic heterocycles. The molecule has 0 spiro atoms. The van der Waals surface area contributed by atoms with Gasteiger partial charge in [-0.1, -0.05) is 58.1 Å². The fraction of sp³-hybridized carbons (Fsp3) is 0.529. The maximum atomic E-state index is 12.8. The average Bonchev–Trinajstić information content (AvgIpc) is 2.48. The fourth-order valence-electron chi connectivity index (χ4n) is 2.67. The predicted octanol–water partition coefficient (Wildman–Crippen LogP) is 3.84. The van der Waals surface area contributed by atoms with Gasteiger partial charge >= 0.3 is 0 Å². The van der Waals surface area contributed by atoms with Gasteiger partial charge in [0.15, 0.2) is 0 Å². The highest BCUT2D eigenvalue weighted by Crippen LogP contribution is 2.31. The predicted molar refractivity (Wildman–Crippen MR) is 93.6 cm³/mol. The standard InChI is InChI=1S/C17H26N2OS/c1-5-12-10-9-11-13(6-2)14(12)19-16(20)17(7-3,8-4)15(18)21/h9-11H,5-8H2,1-4H3,(H2,18,21)(H,19,20). The van der Waals surface area contributed by atoms with E-state index in [0.29, 0.717) is 12.8 Å². The lowest BCUT2D eigenvalue weighted by Crippen LogP contribution is -2.45. The molecule has 1 amide bonds. The second-order valence-electron chi connectivity index (χ2n) is 5.27. The Morgan fingerprint density at radius 3 is 1.95 bits per heavy atom. The summed E-state index contributed by atoms with van der Waals surface area (Å²) in [5.41, 5.74) is 8.31. The Morgan fingerprint density at radius 1 is 1.14 bits per heavy atom. The van der Waals surface area contributed by atoms with Crippen molar-refractivity contribution in [2.45, 2.75) is 53.4 Å². The Balaban J connectivity index is 3.21. The lowest BCUT2D eigenvalue weighted by Gasteiger charge is -2.30. The molecule has 1 aromatic carbocycles. The number of anilines is 1. The number of carbonyl (C=O) groups is 1. The number of amides is 1. The highest BCUT2D eigenvalue weighted by atomic mass is 32.1. The van der Waals surface area contributed by atoms with Crippen molar-refractivity contribution >= 4 is 28.8 Å². The zero-order valence-electron chi connectivity index (χ0n) is 13.5. The zero-order chi connectivity index (χ0) is 16.0. The molecule has 0 saturated heterocycles. The molecule has 1 aromatic rings. The minimum absolute atomic E-state index is 0.0874. The summed E-state index contributed by atoms with van der Waals surface area (Å²) in [6, 6.07) is 6.14. The third-order valence-electron chi connectivity index (χ3n) is 4.35. The molecule has 1 rings (SSSR count). The van der Waals surface area contributed by atoms with E-state index in [1.807, 2.05) is 19.9 Å². The first kappa shape index (κ1) is 17.6. The summed E-state index contributed by atoms with van der Waals surface area (Å²) < 4.78 is 0.